The summed E-state index contributed by atoms with van der Waals surface area (Å²) in [5.74, 6) is -0.401. The van der Waals surface area contributed by atoms with Gasteiger partial charge in [0.15, 0.2) is 0 Å². The first-order valence-electron chi connectivity index (χ1n) is 6.69. The Labute approximate surface area is 118 Å². The highest BCUT2D eigenvalue weighted by Gasteiger charge is 2.66. The van der Waals surface area contributed by atoms with Gasteiger partial charge in [0, 0.05) is 20.0 Å². The normalized spacial score (nSPS) is 27.6. The topological polar surface area (TPSA) is 87.7 Å². The first kappa shape index (κ1) is 14.6. The lowest BCUT2D eigenvalue weighted by Crippen LogP contribution is -2.46. The van der Waals surface area contributed by atoms with Crippen molar-refractivity contribution in [2.75, 3.05) is 13.1 Å². The molecule has 3 amide bonds. The molecule has 1 aliphatic carbocycles. The first-order valence-corrected chi connectivity index (χ1v) is 6.69. The van der Waals surface area contributed by atoms with Crippen molar-refractivity contribution in [1.29, 1.82) is 0 Å². The van der Waals surface area contributed by atoms with E-state index in [2.05, 4.69) is 10.9 Å². The number of piperidine rings is 1. The lowest BCUT2D eigenvalue weighted by molar-refractivity contribution is -0.131. The molecule has 2 unspecified atom stereocenters. The molecular formula is C13H21N3O4. The standard InChI is InChI=1S/C13H21N3O4/c1-8(17)14-15-10(18)13-5-9(13)6-16(7-13)11(19)20-12(2,3)4/h9H,5-7H2,1-4H3,(H,14,17)(H,15,18). The van der Waals surface area contributed by atoms with Crippen LogP contribution in [-0.4, -0.2) is 41.5 Å². The van der Waals surface area contributed by atoms with Crippen molar-refractivity contribution in [1.82, 2.24) is 15.8 Å². The largest absolute Gasteiger partial charge is 0.444 e. The van der Waals surface area contributed by atoms with E-state index in [0.29, 0.717) is 13.1 Å². The third kappa shape index (κ3) is 2.86. The zero-order chi connectivity index (χ0) is 15.1. The molecule has 112 valence electrons. The Bertz CT molecular complexity index is 457. The van der Waals surface area contributed by atoms with Gasteiger partial charge < -0.3 is 9.64 Å². The van der Waals surface area contributed by atoms with Gasteiger partial charge in [0.1, 0.15) is 5.60 Å². The number of carbonyl (C=O) groups is 3. The second kappa shape index (κ2) is 4.64. The maximum Gasteiger partial charge on any atom is 0.410 e. The van der Waals surface area contributed by atoms with Crippen molar-refractivity contribution in [3.63, 3.8) is 0 Å². The molecule has 7 heteroatoms. The average Bonchev–Trinajstić information content (AvgIpc) is 2.87. The molecule has 20 heavy (non-hydrogen) atoms. The average molecular weight is 283 g/mol. The molecule has 0 aromatic rings. The van der Waals surface area contributed by atoms with Gasteiger partial charge >= 0.3 is 6.09 Å². The molecule has 1 aliphatic heterocycles. The smallest absolute Gasteiger partial charge is 0.410 e. The fourth-order valence-corrected chi connectivity index (χ4v) is 2.57. The van der Waals surface area contributed by atoms with Crippen molar-refractivity contribution in [3.05, 3.63) is 0 Å². The number of ether oxygens (including phenoxy) is 1. The number of nitrogens with zero attached hydrogens (tertiary/aromatic N) is 1. The summed E-state index contributed by atoms with van der Waals surface area (Å²) >= 11 is 0. The van der Waals surface area contributed by atoms with Crippen molar-refractivity contribution in [2.24, 2.45) is 11.3 Å². The summed E-state index contributed by atoms with van der Waals surface area (Å²) in [5, 5.41) is 0. The Morgan fingerprint density at radius 1 is 1.25 bits per heavy atom. The van der Waals surface area contributed by atoms with E-state index in [9.17, 15) is 14.4 Å². The van der Waals surface area contributed by atoms with Crippen LogP contribution in [0.25, 0.3) is 0 Å². The Hall–Kier alpha value is -1.79. The Morgan fingerprint density at radius 2 is 1.90 bits per heavy atom. The van der Waals surface area contributed by atoms with Crippen LogP contribution in [0, 0.1) is 11.3 Å². The molecule has 2 N–H and O–H groups in total. The van der Waals surface area contributed by atoms with E-state index < -0.39 is 17.1 Å². The van der Waals surface area contributed by atoms with Gasteiger partial charge in [-0.1, -0.05) is 0 Å². The monoisotopic (exact) mass is 283 g/mol. The molecule has 2 atom stereocenters. The number of likely N-dealkylation sites (tertiary alicyclic amines) is 1. The molecule has 2 fully saturated rings. The second-order valence-corrected chi connectivity index (χ2v) is 6.55. The number of amides is 3. The van der Waals surface area contributed by atoms with Crippen LogP contribution in [0.2, 0.25) is 0 Å². The van der Waals surface area contributed by atoms with Crippen LogP contribution in [0.4, 0.5) is 4.79 Å². The van der Waals surface area contributed by atoms with Crippen molar-refractivity contribution >= 4 is 17.9 Å². The highest BCUT2D eigenvalue weighted by Crippen LogP contribution is 2.57. The minimum Gasteiger partial charge on any atom is -0.444 e. The van der Waals surface area contributed by atoms with E-state index in [-0.39, 0.29) is 17.7 Å². The highest BCUT2D eigenvalue weighted by atomic mass is 16.6. The summed E-state index contributed by atoms with van der Waals surface area (Å²) in [7, 11) is 0. The molecular weight excluding hydrogens is 262 g/mol. The molecule has 2 rings (SSSR count). The van der Waals surface area contributed by atoms with E-state index in [0.717, 1.165) is 6.42 Å². The van der Waals surface area contributed by atoms with Gasteiger partial charge in [0.25, 0.3) is 0 Å². The predicted octanol–water partition coefficient (Wildman–Crippen LogP) is 0.411. The number of fused-ring (bicyclic) bond motifs is 1. The Morgan fingerprint density at radius 3 is 2.45 bits per heavy atom. The summed E-state index contributed by atoms with van der Waals surface area (Å²) in [4.78, 5) is 36.4. The fraction of sp³-hybridized carbons (Fsp3) is 0.769. The third-order valence-electron chi connectivity index (χ3n) is 3.60. The van der Waals surface area contributed by atoms with Gasteiger partial charge in [0.05, 0.1) is 5.41 Å². The lowest BCUT2D eigenvalue weighted by Gasteiger charge is -2.26. The summed E-state index contributed by atoms with van der Waals surface area (Å²) in [6.07, 6.45) is 0.356. The van der Waals surface area contributed by atoms with Crippen LogP contribution in [0.15, 0.2) is 0 Å². The maximum atomic E-state index is 12.1. The SMILES string of the molecule is CC(=O)NNC(=O)C12CC1CN(C(=O)OC(C)(C)C)C2. The van der Waals surface area contributed by atoms with Gasteiger partial charge in [-0.3, -0.25) is 20.4 Å². The predicted molar refractivity (Wildman–Crippen MR) is 70.3 cm³/mol. The number of carbonyl (C=O) groups excluding carboxylic acids is 3. The van der Waals surface area contributed by atoms with Gasteiger partial charge in [0.2, 0.25) is 11.8 Å². The lowest BCUT2D eigenvalue weighted by atomic mass is 10.1. The molecule has 1 saturated heterocycles. The number of hydrogen-bond donors (Lipinski definition) is 2. The number of hydrazine groups is 1. The highest BCUT2D eigenvalue weighted by molar-refractivity contribution is 5.89. The van der Waals surface area contributed by atoms with E-state index >= 15 is 0 Å². The molecule has 2 aliphatic rings. The molecule has 0 aromatic heterocycles. The molecule has 0 radical (unpaired) electrons. The Kier molecular flexibility index (Phi) is 3.39. The Balaban J connectivity index is 1.91. The second-order valence-electron chi connectivity index (χ2n) is 6.55. The third-order valence-corrected chi connectivity index (χ3v) is 3.60. The molecule has 0 aromatic carbocycles. The molecule has 7 nitrogen and oxygen atoms in total. The van der Waals surface area contributed by atoms with E-state index in [1.165, 1.54) is 6.92 Å². The van der Waals surface area contributed by atoms with Crippen LogP contribution in [0.3, 0.4) is 0 Å². The van der Waals surface area contributed by atoms with Gasteiger partial charge in [-0.25, -0.2) is 4.79 Å². The summed E-state index contributed by atoms with van der Waals surface area (Å²) < 4.78 is 5.30. The van der Waals surface area contributed by atoms with E-state index in [4.69, 9.17) is 4.74 Å². The van der Waals surface area contributed by atoms with Crippen LogP contribution in [0.1, 0.15) is 34.1 Å². The number of nitrogens with one attached hydrogen (secondary N) is 2. The van der Waals surface area contributed by atoms with Crippen LogP contribution < -0.4 is 10.9 Å². The molecule has 0 spiro atoms. The van der Waals surface area contributed by atoms with E-state index in [1.54, 1.807) is 25.7 Å². The molecule has 0 bridgehead atoms. The van der Waals surface area contributed by atoms with Gasteiger partial charge in [-0.15, -0.1) is 0 Å². The van der Waals surface area contributed by atoms with Crippen molar-refractivity contribution in [2.45, 2.75) is 39.7 Å². The minimum absolute atomic E-state index is 0.156. The summed E-state index contributed by atoms with van der Waals surface area (Å²) in [6, 6.07) is 0. The van der Waals surface area contributed by atoms with Gasteiger partial charge in [-0.2, -0.15) is 0 Å². The van der Waals surface area contributed by atoms with Crippen molar-refractivity contribution < 1.29 is 19.1 Å². The van der Waals surface area contributed by atoms with Crippen molar-refractivity contribution in [3.8, 4) is 0 Å². The number of rotatable bonds is 1. The van der Waals surface area contributed by atoms with Crippen LogP contribution in [-0.2, 0) is 14.3 Å². The van der Waals surface area contributed by atoms with E-state index in [1.807, 2.05) is 0 Å². The molecule has 1 heterocycles. The minimum atomic E-state index is -0.556. The van der Waals surface area contributed by atoms with Crippen LogP contribution >= 0.6 is 0 Å². The summed E-state index contributed by atoms with van der Waals surface area (Å²) in [6.45, 7) is 7.62. The maximum absolute atomic E-state index is 12.1. The number of hydrogen-bond acceptors (Lipinski definition) is 4. The zero-order valence-electron chi connectivity index (χ0n) is 12.3. The fourth-order valence-electron chi connectivity index (χ4n) is 2.57. The zero-order valence-corrected chi connectivity index (χ0v) is 12.3. The quantitative estimate of drug-likeness (QED) is 0.682. The van der Waals surface area contributed by atoms with Crippen LogP contribution in [0.5, 0.6) is 0 Å². The molecule has 1 saturated carbocycles. The van der Waals surface area contributed by atoms with Gasteiger partial charge in [-0.05, 0) is 33.1 Å². The first-order chi connectivity index (χ1) is 9.14. The summed E-state index contributed by atoms with van der Waals surface area (Å²) in [5.41, 5.74) is 3.58.